The molecule has 0 amide bonds. The second-order valence-electron chi connectivity index (χ2n) is 3.76. The van der Waals surface area contributed by atoms with Gasteiger partial charge in [-0.3, -0.25) is 4.79 Å². The summed E-state index contributed by atoms with van der Waals surface area (Å²) in [5.41, 5.74) is -1.66. The van der Waals surface area contributed by atoms with Gasteiger partial charge >= 0.3 is 6.18 Å². The average molecular weight is 327 g/mol. The van der Waals surface area contributed by atoms with Crippen molar-refractivity contribution in [3.05, 3.63) is 35.1 Å². The molecule has 0 bridgehead atoms. The van der Waals surface area contributed by atoms with Crippen LogP contribution in [-0.4, -0.2) is 11.1 Å². The molecule has 100 valence electrons. The number of carbonyl (C=O) groups excluding carboxylic acids is 1. The molecule has 1 aromatic rings. The third kappa shape index (κ3) is 4.08. The van der Waals surface area contributed by atoms with Crippen LogP contribution in [0.3, 0.4) is 0 Å². The lowest BCUT2D eigenvalue weighted by atomic mass is 9.99. The van der Waals surface area contributed by atoms with E-state index in [1.54, 1.807) is 0 Å². The molecule has 0 saturated carbocycles. The van der Waals surface area contributed by atoms with E-state index in [1.165, 1.54) is 0 Å². The molecule has 0 N–H and O–H groups in total. The van der Waals surface area contributed by atoms with E-state index in [0.717, 1.165) is 12.1 Å². The number of alkyl halides is 4. The summed E-state index contributed by atoms with van der Waals surface area (Å²) < 4.78 is 50.8. The van der Waals surface area contributed by atoms with Gasteiger partial charge in [0.25, 0.3) is 0 Å². The molecule has 0 aromatic heterocycles. The van der Waals surface area contributed by atoms with Crippen LogP contribution in [0.1, 0.15) is 35.2 Å². The standard InChI is InChI=1S/C12H11BrF4O/c13-6-2-1-3-11(18)9-5-4-8(14)7-10(9)12(15,16)17/h4-5,7H,1-3,6H2. The molecule has 0 saturated heterocycles. The summed E-state index contributed by atoms with van der Waals surface area (Å²) in [7, 11) is 0. The lowest BCUT2D eigenvalue weighted by Gasteiger charge is -2.12. The fourth-order valence-electron chi connectivity index (χ4n) is 1.51. The molecule has 0 radical (unpaired) electrons. The zero-order chi connectivity index (χ0) is 13.8. The van der Waals surface area contributed by atoms with E-state index in [0.29, 0.717) is 24.2 Å². The van der Waals surface area contributed by atoms with E-state index in [9.17, 15) is 22.4 Å². The summed E-state index contributed by atoms with van der Waals surface area (Å²) in [6.45, 7) is 0. The Bertz CT molecular complexity index is 429. The summed E-state index contributed by atoms with van der Waals surface area (Å²) in [6.07, 6.45) is -3.49. The van der Waals surface area contributed by atoms with Gasteiger partial charge in [0.15, 0.2) is 5.78 Å². The van der Waals surface area contributed by atoms with Gasteiger partial charge in [-0.1, -0.05) is 15.9 Å². The van der Waals surface area contributed by atoms with Gasteiger partial charge in [-0.2, -0.15) is 13.2 Å². The smallest absolute Gasteiger partial charge is 0.294 e. The summed E-state index contributed by atoms with van der Waals surface area (Å²) in [5, 5.41) is 0.690. The predicted octanol–water partition coefficient (Wildman–Crippen LogP) is 4.59. The van der Waals surface area contributed by atoms with Crippen LogP contribution in [0.2, 0.25) is 0 Å². The summed E-state index contributed by atoms with van der Waals surface area (Å²) in [6, 6.07) is 2.12. The quantitative estimate of drug-likeness (QED) is 0.334. The Kier molecular flexibility index (Phi) is 5.31. The maximum Gasteiger partial charge on any atom is 0.417 e. The molecule has 0 heterocycles. The fourth-order valence-corrected chi connectivity index (χ4v) is 1.91. The number of unbranched alkanes of at least 4 members (excludes halogenated alkanes) is 1. The molecule has 0 aliphatic carbocycles. The van der Waals surface area contributed by atoms with Crippen molar-refractivity contribution >= 4 is 21.7 Å². The zero-order valence-electron chi connectivity index (χ0n) is 9.36. The van der Waals surface area contributed by atoms with Crippen molar-refractivity contribution in [2.24, 2.45) is 0 Å². The highest BCUT2D eigenvalue weighted by molar-refractivity contribution is 9.09. The Morgan fingerprint density at radius 2 is 1.89 bits per heavy atom. The van der Waals surface area contributed by atoms with Crippen molar-refractivity contribution in [1.82, 2.24) is 0 Å². The Hall–Kier alpha value is -0.910. The highest BCUT2D eigenvalue weighted by atomic mass is 79.9. The molecule has 1 nitrogen and oxygen atoms in total. The van der Waals surface area contributed by atoms with Gasteiger partial charge in [0.1, 0.15) is 5.82 Å². The second-order valence-corrected chi connectivity index (χ2v) is 4.55. The lowest BCUT2D eigenvalue weighted by molar-refractivity contribution is -0.138. The average Bonchev–Trinajstić information content (AvgIpc) is 2.28. The summed E-state index contributed by atoms with van der Waals surface area (Å²) >= 11 is 3.17. The Balaban J connectivity index is 2.97. The highest BCUT2D eigenvalue weighted by Gasteiger charge is 2.35. The van der Waals surface area contributed by atoms with Crippen LogP contribution in [0, 0.1) is 5.82 Å². The molecule has 0 atom stereocenters. The van der Waals surface area contributed by atoms with Crippen molar-refractivity contribution in [2.75, 3.05) is 5.33 Å². The van der Waals surface area contributed by atoms with Gasteiger partial charge in [-0.25, -0.2) is 4.39 Å². The number of Topliss-reactive ketones (excluding diaryl/α,β-unsaturated/α-hetero) is 1. The molecule has 0 unspecified atom stereocenters. The minimum Gasteiger partial charge on any atom is -0.294 e. The number of ketones is 1. The molecular weight excluding hydrogens is 316 g/mol. The van der Waals surface area contributed by atoms with E-state index < -0.39 is 28.9 Å². The first-order valence-electron chi connectivity index (χ1n) is 5.32. The number of benzene rings is 1. The topological polar surface area (TPSA) is 17.1 Å². The molecule has 1 aromatic carbocycles. The van der Waals surface area contributed by atoms with E-state index >= 15 is 0 Å². The third-order valence-corrected chi connectivity index (χ3v) is 2.94. The van der Waals surface area contributed by atoms with Crippen LogP contribution in [0.15, 0.2) is 18.2 Å². The zero-order valence-corrected chi connectivity index (χ0v) is 10.9. The first-order chi connectivity index (χ1) is 8.36. The molecule has 1 rings (SSSR count). The summed E-state index contributed by atoms with van der Waals surface area (Å²) in [4.78, 5) is 11.7. The van der Waals surface area contributed by atoms with Crippen molar-refractivity contribution in [1.29, 1.82) is 0 Å². The van der Waals surface area contributed by atoms with Crippen molar-refractivity contribution < 1.29 is 22.4 Å². The number of carbonyl (C=O) groups is 1. The molecule has 0 aliphatic heterocycles. The lowest BCUT2D eigenvalue weighted by Crippen LogP contribution is -2.13. The maximum atomic E-state index is 12.8. The van der Waals surface area contributed by atoms with E-state index in [4.69, 9.17) is 0 Å². The molecular formula is C12H11BrF4O. The van der Waals surface area contributed by atoms with Crippen LogP contribution < -0.4 is 0 Å². The molecule has 0 fully saturated rings. The Morgan fingerprint density at radius 3 is 2.44 bits per heavy atom. The first-order valence-corrected chi connectivity index (χ1v) is 6.44. The minimum atomic E-state index is -4.72. The van der Waals surface area contributed by atoms with Gasteiger partial charge < -0.3 is 0 Å². The van der Waals surface area contributed by atoms with Crippen LogP contribution in [0.5, 0.6) is 0 Å². The van der Waals surface area contributed by atoms with Gasteiger partial charge in [0.05, 0.1) is 5.56 Å². The van der Waals surface area contributed by atoms with Gasteiger partial charge in [0, 0.05) is 17.3 Å². The van der Waals surface area contributed by atoms with Crippen molar-refractivity contribution in [3.63, 3.8) is 0 Å². The van der Waals surface area contributed by atoms with Crippen LogP contribution >= 0.6 is 15.9 Å². The van der Waals surface area contributed by atoms with E-state index in [-0.39, 0.29) is 6.42 Å². The molecule has 0 spiro atoms. The van der Waals surface area contributed by atoms with Gasteiger partial charge in [-0.05, 0) is 31.0 Å². The summed E-state index contributed by atoms with van der Waals surface area (Å²) in [5.74, 6) is -1.61. The second kappa shape index (κ2) is 6.31. The van der Waals surface area contributed by atoms with Crippen molar-refractivity contribution in [2.45, 2.75) is 25.4 Å². The number of rotatable bonds is 5. The largest absolute Gasteiger partial charge is 0.417 e. The van der Waals surface area contributed by atoms with E-state index in [2.05, 4.69) is 15.9 Å². The van der Waals surface area contributed by atoms with Gasteiger partial charge in [0.2, 0.25) is 0 Å². The SMILES string of the molecule is O=C(CCCCBr)c1ccc(F)cc1C(F)(F)F. The normalized spacial score (nSPS) is 11.6. The fraction of sp³-hybridized carbons (Fsp3) is 0.417. The highest BCUT2D eigenvalue weighted by Crippen LogP contribution is 2.33. The molecule has 0 aliphatic rings. The number of halogens is 5. The van der Waals surface area contributed by atoms with Crippen LogP contribution in [0.25, 0.3) is 0 Å². The maximum absolute atomic E-state index is 12.8. The first kappa shape index (κ1) is 15.1. The van der Waals surface area contributed by atoms with Crippen LogP contribution in [0.4, 0.5) is 17.6 Å². The number of hydrogen-bond acceptors (Lipinski definition) is 1. The minimum absolute atomic E-state index is 0.0281. The Morgan fingerprint density at radius 1 is 1.22 bits per heavy atom. The van der Waals surface area contributed by atoms with Crippen LogP contribution in [-0.2, 0) is 6.18 Å². The van der Waals surface area contributed by atoms with E-state index in [1.807, 2.05) is 0 Å². The molecule has 6 heteroatoms. The Labute approximate surface area is 110 Å². The van der Waals surface area contributed by atoms with Gasteiger partial charge in [-0.15, -0.1) is 0 Å². The third-order valence-electron chi connectivity index (χ3n) is 2.37. The van der Waals surface area contributed by atoms with Crippen molar-refractivity contribution in [3.8, 4) is 0 Å². The monoisotopic (exact) mass is 326 g/mol. The molecule has 18 heavy (non-hydrogen) atoms. The number of hydrogen-bond donors (Lipinski definition) is 0. The predicted molar refractivity (Wildman–Crippen MR) is 63.4 cm³/mol.